The molecule has 2 aromatic carbocycles. The lowest BCUT2D eigenvalue weighted by Gasteiger charge is -2.23. The molecule has 24 heavy (non-hydrogen) atoms. The Morgan fingerprint density at radius 2 is 1.79 bits per heavy atom. The normalized spacial score (nSPS) is 16.4. The lowest BCUT2D eigenvalue weighted by molar-refractivity contribution is -0.148. The van der Waals surface area contributed by atoms with Crippen molar-refractivity contribution in [2.24, 2.45) is 0 Å². The van der Waals surface area contributed by atoms with Crippen LogP contribution in [0.25, 0.3) is 11.1 Å². The highest BCUT2D eigenvalue weighted by Gasteiger charge is 2.34. The molecular weight excluding hydrogens is 304 g/mol. The topological polar surface area (TPSA) is 52.6 Å². The van der Waals surface area contributed by atoms with Crippen LogP contribution in [0, 0.1) is 0 Å². The zero-order valence-electron chi connectivity index (χ0n) is 13.9. The number of aryl methyl sites for hydroxylation is 1. The van der Waals surface area contributed by atoms with Crippen LogP contribution in [0.15, 0.2) is 42.5 Å². The summed E-state index contributed by atoms with van der Waals surface area (Å²) >= 11 is 0. The Balaban J connectivity index is 1.95. The zero-order chi connectivity index (χ0) is 17.1. The summed E-state index contributed by atoms with van der Waals surface area (Å²) in [4.78, 5) is 24.3. The summed E-state index contributed by atoms with van der Waals surface area (Å²) in [5.74, 6) is -0.470. The second-order valence-electron chi connectivity index (χ2n) is 5.79. The second kappa shape index (κ2) is 6.87. The Kier molecular flexibility index (Phi) is 4.65. The fourth-order valence-electron chi connectivity index (χ4n) is 3.13. The van der Waals surface area contributed by atoms with E-state index >= 15 is 0 Å². The van der Waals surface area contributed by atoms with Crippen molar-refractivity contribution in [3.8, 4) is 16.9 Å². The quantitative estimate of drug-likeness (QED) is 0.638. The monoisotopic (exact) mass is 324 g/mol. The van der Waals surface area contributed by atoms with Crippen molar-refractivity contribution < 1.29 is 19.1 Å². The van der Waals surface area contributed by atoms with Gasteiger partial charge in [0.1, 0.15) is 11.7 Å². The molecule has 0 amide bonds. The molecule has 0 saturated heterocycles. The number of benzene rings is 2. The molecule has 1 atom stereocenters. The van der Waals surface area contributed by atoms with Crippen molar-refractivity contribution in [1.29, 1.82) is 0 Å². The molecule has 1 aliphatic carbocycles. The van der Waals surface area contributed by atoms with E-state index in [-0.39, 0.29) is 12.4 Å². The first kappa shape index (κ1) is 16.2. The number of rotatable bonds is 4. The largest absolute Gasteiger partial charge is 0.497 e. The molecule has 124 valence electrons. The predicted molar refractivity (Wildman–Crippen MR) is 91.1 cm³/mol. The van der Waals surface area contributed by atoms with Crippen LogP contribution in [0.4, 0.5) is 0 Å². The van der Waals surface area contributed by atoms with Crippen molar-refractivity contribution in [2.45, 2.75) is 25.7 Å². The van der Waals surface area contributed by atoms with Gasteiger partial charge in [0.25, 0.3) is 0 Å². The van der Waals surface area contributed by atoms with Gasteiger partial charge in [-0.05, 0) is 47.7 Å². The third-order valence-corrected chi connectivity index (χ3v) is 4.36. The molecular formula is C20H20O4. The molecule has 0 unspecified atom stereocenters. The van der Waals surface area contributed by atoms with Crippen LogP contribution in [-0.4, -0.2) is 25.5 Å². The van der Waals surface area contributed by atoms with Crippen LogP contribution >= 0.6 is 0 Å². The minimum absolute atomic E-state index is 0.0573. The molecule has 0 radical (unpaired) electrons. The minimum Gasteiger partial charge on any atom is -0.497 e. The summed E-state index contributed by atoms with van der Waals surface area (Å²) in [6.45, 7) is 2.03. The van der Waals surface area contributed by atoms with Gasteiger partial charge in [0.15, 0.2) is 5.78 Å². The number of ether oxygens (including phenoxy) is 2. The van der Waals surface area contributed by atoms with Gasteiger partial charge in [0, 0.05) is 6.42 Å². The fraction of sp³-hybridized carbons (Fsp3) is 0.300. The van der Waals surface area contributed by atoms with E-state index in [1.54, 1.807) is 14.0 Å². The first-order valence-corrected chi connectivity index (χ1v) is 8.10. The molecule has 0 heterocycles. The average molecular weight is 324 g/mol. The molecule has 0 N–H and O–H groups in total. The first-order valence-electron chi connectivity index (χ1n) is 8.10. The number of ketones is 1. The minimum atomic E-state index is -0.779. The first-order chi connectivity index (χ1) is 11.6. The SMILES string of the molecule is CCOC(=O)[C@H]1C(=O)CCc2cc(-c3ccc(OC)cc3)ccc21. The Labute approximate surface area is 141 Å². The molecule has 0 spiro atoms. The highest BCUT2D eigenvalue weighted by atomic mass is 16.5. The van der Waals surface area contributed by atoms with Crippen LogP contribution in [-0.2, 0) is 20.7 Å². The van der Waals surface area contributed by atoms with E-state index in [0.29, 0.717) is 12.8 Å². The lowest BCUT2D eigenvalue weighted by atomic mass is 9.80. The van der Waals surface area contributed by atoms with Gasteiger partial charge in [-0.1, -0.05) is 30.3 Å². The zero-order valence-corrected chi connectivity index (χ0v) is 13.9. The number of carbonyl (C=O) groups excluding carboxylic acids is 2. The Hall–Kier alpha value is -2.62. The van der Waals surface area contributed by atoms with Crippen molar-refractivity contribution in [3.63, 3.8) is 0 Å². The number of hydrogen-bond donors (Lipinski definition) is 0. The van der Waals surface area contributed by atoms with Gasteiger partial charge < -0.3 is 9.47 Å². The van der Waals surface area contributed by atoms with Gasteiger partial charge in [0.05, 0.1) is 13.7 Å². The van der Waals surface area contributed by atoms with Crippen LogP contribution in [0.3, 0.4) is 0 Å². The van der Waals surface area contributed by atoms with Crippen LogP contribution < -0.4 is 4.74 Å². The molecule has 1 aliphatic rings. The number of methoxy groups -OCH3 is 1. The van der Waals surface area contributed by atoms with E-state index in [4.69, 9.17) is 9.47 Å². The average Bonchev–Trinajstić information content (AvgIpc) is 2.61. The Morgan fingerprint density at radius 3 is 2.46 bits per heavy atom. The van der Waals surface area contributed by atoms with Gasteiger partial charge in [0.2, 0.25) is 0 Å². The molecule has 0 bridgehead atoms. The highest BCUT2D eigenvalue weighted by molar-refractivity contribution is 6.06. The molecule has 2 aromatic rings. The third kappa shape index (κ3) is 3.04. The van der Waals surface area contributed by atoms with E-state index in [2.05, 4.69) is 6.07 Å². The van der Waals surface area contributed by atoms with E-state index in [0.717, 1.165) is 28.0 Å². The molecule has 4 heteroatoms. The van der Waals surface area contributed by atoms with E-state index in [1.807, 2.05) is 36.4 Å². The molecule has 0 aromatic heterocycles. The van der Waals surface area contributed by atoms with Gasteiger partial charge in [-0.25, -0.2) is 0 Å². The van der Waals surface area contributed by atoms with Crippen molar-refractivity contribution >= 4 is 11.8 Å². The van der Waals surface area contributed by atoms with E-state index in [1.165, 1.54) is 0 Å². The maximum atomic E-state index is 12.2. The summed E-state index contributed by atoms with van der Waals surface area (Å²) < 4.78 is 10.3. The second-order valence-corrected chi connectivity index (χ2v) is 5.79. The summed E-state index contributed by atoms with van der Waals surface area (Å²) in [7, 11) is 1.64. The fourth-order valence-corrected chi connectivity index (χ4v) is 3.13. The molecule has 0 saturated carbocycles. The number of Topliss-reactive ketones (excluding diaryl/α,β-unsaturated/α-hetero) is 1. The van der Waals surface area contributed by atoms with Crippen molar-refractivity contribution in [1.82, 2.24) is 0 Å². The standard InChI is InChI=1S/C20H20O4/c1-3-24-20(22)19-17-10-6-14(12-15(17)7-11-18(19)21)13-4-8-16(23-2)9-5-13/h4-6,8-10,12,19H,3,7,11H2,1-2H3/t19-/m1/s1. The van der Waals surface area contributed by atoms with Crippen LogP contribution in [0.1, 0.15) is 30.4 Å². The lowest BCUT2D eigenvalue weighted by Crippen LogP contribution is -2.29. The summed E-state index contributed by atoms with van der Waals surface area (Å²) in [5, 5.41) is 0. The predicted octanol–water partition coefficient (Wildman–Crippen LogP) is 3.52. The number of carbonyl (C=O) groups is 2. The van der Waals surface area contributed by atoms with Gasteiger partial charge in [-0.3, -0.25) is 9.59 Å². The maximum absolute atomic E-state index is 12.2. The molecule has 4 nitrogen and oxygen atoms in total. The van der Waals surface area contributed by atoms with Crippen molar-refractivity contribution in [3.05, 3.63) is 53.6 Å². The molecule has 0 aliphatic heterocycles. The number of fused-ring (bicyclic) bond motifs is 1. The number of hydrogen-bond acceptors (Lipinski definition) is 4. The van der Waals surface area contributed by atoms with Gasteiger partial charge in [-0.2, -0.15) is 0 Å². The van der Waals surface area contributed by atoms with Crippen LogP contribution in [0.5, 0.6) is 5.75 Å². The summed E-state index contributed by atoms with van der Waals surface area (Å²) in [6.07, 6.45) is 1.04. The maximum Gasteiger partial charge on any atom is 0.321 e. The Bertz CT molecular complexity index is 762. The summed E-state index contributed by atoms with van der Waals surface area (Å²) in [6, 6.07) is 13.7. The molecule has 3 rings (SSSR count). The third-order valence-electron chi connectivity index (χ3n) is 4.36. The van der Waals surface area contributed by atoms with Crippen molar-refractivity contribution in [2.75, 3.05) is 13.7 Å². The molecule has 0 fully saturated rings. The summed E-state index contributed by atoms with van der Waals surface area (Å²) in [5.41, 5.74) is 3.96. The van der Waals surface area contributed by atoms with Crippen LogP contribution in [0.2, 0.25) is 0 Å². The highest BCUT2D eigenvalue weighted by Crippen LogP contribution is 2.33. The van der Waals surface area contributed by atoms with E-state index < -0.39 is 11.9 Å². The Morgan fingerprint density at radius 1 is 1.08 bits per heavy atom. The smallest absolute Gasteiger partial charge is 0.321 e. The number of esters is 1. The van der Waals surface area contributed by atoms with E-state index in [9.17, 15) is 9.59 Å². The van der Waals surface area contributed by atoms with Gasteiger partial charge >= 0.3 is 5.97 Å². The van der Waals surface area contributed by atoms with Gasteiger partial charge in [-0.15, -0.1) is 0 Å².